The molecule has 22 heavy (non-hydrogen) atoms. The van der Waals surface area contributed by atoms with E-state index in [1.807, 2.05) is 24.3 Å². The van der Waals surface area contributed by atoms with E-state index in [1.165, 1.54) is 0 Å². The summed E-state index contributed by atoms with van der Waals surface area (Å²) < 4.78 is 4.90. The first-order chi connectivity index (χ1) is 10.7. The van der Waals surface area contributed by atoms with Crippen molar-refractivity contribution < 1.29 is 9.32 Å². The lowest BCUT2D eigenvalue weighted by Gasteiger charge is -2.09. The van der Waals surface area contributed by atoms with Crippen molar-refractivity contribution in [3.63, 3.8) is 0 Å². The Hall–Kier alpha value is -3.02. The molecule has 3 heterocycles. The van der Waals surface area contributed by atoms with Crippen molar-refractivity contribution in [3.05, 3.63) is 65.9 Å². The van der Waals surface area contributed by atoms with E-state index in [1.54, 1.807) is 31.6 Å². The topological polar surface area (TPSA) is 80.9 Å². The maximum absolute atomic E-state index is 12.0. The van der Waals surface area contributed by atoms with Gasteiger partial charge in [0.05, 0.1) is 5.69 Å². The summed E-state index contributed by atoms with van der Waals surface area (Å²) in [5.41, 5.74) is 2.97. The summed E-state index contributed by atoms with van der Waals surface area (Å²) in [6.07, 6.45) is 5.15. The van der Waals surface area contributed by atoms with Gasteiger partial charge in [-0.15, -0.1) is 0 Å². The molecule has 0 radical (unpaired) electrons. The summed E-state index contributed by atoms with van der Waals surface area (Å²) in [6, 6.07) is 9.13. The van der Waals surface area contributed by atoms with Crippen LogP contribution in [0.2, 0.25) is 0 Å². The van der Waals surface area contributed by atoms with Gasteiger partial charge in [-0.05, 0) is 30.7 Å². The third-order valence-electron chi connectivity index (χ3n) is 3.15. The van der Waals surface area contributed by atoms with Crippen LogP contribution in [0.5, 0.6) is 0 Å². The first-order valence-electron chi connectivity index (χ1n) is 6.80. The predicted octanol–water partition coefficient (Wildman–Crippen LogP) is 2.37. The van der Waals surface area contributed by atoms with E-state index in [4.69, 9.17) is 4.52 Å². The summed E-state index contributed by atoms with van der Waals surface area (Å²) in [5, 5.41) is 6.52. The predicted molar refractivity (Wildman–Crippen MR) is 79.9 cm³/mol. The van der Waals surface area contributed by atoms with E-state index >= 15 is 0 Å². The number of nitrogens with zero attached hydrogens (tertiary/aromatic N) is 3. The number of carbonyl (C=O) groups excluding carboxylic acids is 1. The molecule has 6 heteroatoms. The Labute approximate surface area is 127 Å². The van der Waals surface area contributed by atoms with Gasteiger partial charge in [-0.3, -0.25) is 14.8 Å². The monoisotopic (exact) mass is 294 g/mol. The lowest BCUT2D eigenvalue weighted by molar-refractivity contribution is 0.0942. The second kappa shape index (κ2) is 6.17. The molecule has 3 rings (SSSR count). The molecular weight excluding hydrogens is 280 g/mol. The molecule has 1 N–H and O–H groups in total. The molecule has 0 aliphatic heterocycles. The highest BCUT2D eigenvalue weighted by atomic mass is 16.5. The fraction of sp³-hybridized carbons (Fsp3) is 0.125. The normalized spacial score (nSPS) is 10.4. The molecule has 3 aromatic heterocycles. The zero-order valence-electron chi connectivity index (χ0n) is 12.0. The third-order valence-corrected chi connectivity index (χ3v) is 3.15. The number of aryl methyl sites for hydroxylation is 1. The van der Waals surface area contributed by atoms with Gasteiger partial charge in [0.1, 0.15) is 5.76 Å². The van der Waals surface area contributed by atoms with Crippen molar-refractivity contribution in [2.24, 2.45) is 0 Å². The summed E-state index contributed by atoms with van der Waals surface area (Å²) >= 11 is 0. The van der Waals surface area contributed by atoms with Gasteiger partial charge in [0.15, 0.2) is 5.69 Å². The van der Waals surface area contributed by atoms with Crippen LogP contribution in [0.1, 0.15) is 21.8 Å². The van der Waals surface area contributed by atoms with Crippen LogP contribution < -0.4 is 5.32 Å². The summed E-state index contributed by atoms with van der Waals surface area (Å²) in [6.45, 7) is 2.10. The quantitative estimate of drug-likeness (QED) is 0.799. The highest BCUT2D eigenvalue weighted by Crippen LogP contribution is 2.20. The van der Waals surface area contributed by atoms with Crippen LogP contribution in [0.3, 0.4) is 0 Å². The van der Waals surface area contributed by atoms with Crippen LogP contribution in [0.4, 0.5) is 0 Å². The molecule has 0 aliphatic carbocycles. The van der Waals surface area contributed by atoms with E-state index in [0.717, 1.165) is 16.8 Å². The Balaban J connectivity index is 1.77. The zero-order chi connectivity index (χ0) is 15.4. The largest absolute Gasteiger partial charge is 0.361 e. The second-order valence-electron chi connectivity index (χ2n) is 4.75. The van der Waals surface area contributed by atoms with Gasteiger partial charge in [0.25, 0.3) is 5.91 Å². The van der Waals surface area contributed by atoms with Gasteiger partial charge < -0.3 is 9.84 Å². The Morgan fingerprint density at radius 2 is 2.05 bits per heavy atom. The van der Waals surface area contributed by atoms with E-state index < -0.39 is 0 Å². The number of hydrogen-bond donors (Lipinski definition) is 1. The molecule has 0 saturated carbocycles. The number of nitrogens with one attached hydrogen (secondary N) is 1. The van der Waals surface area contributed by atoms with Crippen LogP contribution in [-0.4, -0.2) is 21.0 Å². The van der Waals surface area contributed by atoms with Gasteiger partial charge in [0, 0.05) is 36.8 Å². The number of pyridine rings is 2. The molecule has 0 atom stereocenters. The number of carbonyl (C=O) groups is 1. The van der Waals surface area contributed by atoms with Crippen molar-refractivity contribution in [3.8, 4) is 11.3 Å². The molecule has 110 valence electrons. The van der Waals surface area contributed by atoms with Crippen LogP contribution in [0.15, 0.2) is 53.4 Å². The van der Waals surface area contributed by atoms with Gasteiger partial charge in [-0.25, -0.2) is 0 Å². The summed E-state index contributed by atoms with van der Waals surface area (Å²) in [5.74, 6) is 0.324. The smallest absolute Gasteiger partial charge is 0.273 e. The molecule has 0 fully saturated rings. The first kappa shape index (κ1) is 13.9. The maximum Gasteiger partial charge on any atom is 0.273 e. The van der Waals surface area contributed by atoms with Crippen molar-refractivity contribution in [1.82, 2.24) is 20.4 Å². The molecule has 0 saturated heterocycles. The molecule has 0 aliphatic rings. The third kappa shape index (κ3) is 3.01. The van der Waals surface area contributed by atoms with Crippen molar-refractivity contribution in [2.75, 3.05) is 0 Å². The van der Waals surface area contributed by atoms with E-state index in [0.29, 0.717) is 12.3 Å². The maximum atomic E-state index is 12.0. The molecular formula is C16H14N4O2. The SMILES string of the molecule is Cc1cc(C(=O)NCc2cccnc2-c2ccncc2)no1. The van der Waals surface area contributed by atoms with Crippen LogP contribution in [-0.2, 0) is 6.54 Å². The minimum absolute atomic E-state index is 0.270. The highest BCUT2D eigenvalue weighted by Gasteiger charge is 2.12. The second-order valence-corrected chi connectivity index (χ2v) is 4.75. The number of aromatic nitrogens is 3. The number of amides is 1. The fourth-order valence-electron chi connectivity index (χ4n) is 2.09. The van der Waals surface area contributed by atoms with Crippen LogP contribution in [0, 0.1) is 6.92 Å². The number of rotatable bonds is 4. The average Bonchev–Trinajstić information content (AvgIpc) is 3.00. The zero-order valence-corrected chi connectivity index (χ0v) is 12.0. The molecule has 0 unspecified atom stereocenters. The van der Waals surface area contributed by atoms with Gasteiger partial charge in [0.2, 0.25) is 0 Å². The van der Waals surface area contributed by atoms with Gasteiger partial charge >= 0.3 is 0 Å². The average molecular weight is 294 g/mol. The molecule has 0 spiro atoms. The van der Waals surface area contributed by atoms with Gasteiger partial charge in [-0.1, -0.05) is 11.2 Å². The van der Waals surface area contributed by atoms with Gasteiger partial charge in [-0.2, -0.15) is 0 Å². The van der Waals surface area contributed by atoms with Crippen molar-refractivity contribution in [1.29, 1.82) is 0 Å². The molecule has 0 aromatic carbocycles. The van der Waals surface area contributed by atoms with E-state index in [9.17, 15) is 4.79 Å². The fourth-order valence-corrected chi connectivity index (χ4v) is 2.09. The summed E-state index contributed by atoms with van der Waals surface area (Å²) in [7, 11) is 0. The minimum atomic E-state index is -0.276. The minimum Gasteiger partial charge on any atom is -0.361 e. The van der Waals surface area contributed by atoms with E-state index in [2.05, 4.69) is 20.4 Å². The Morgan fingerprint density at radius 1 is 1.23 bits per heavy atom. The molecule has 0 bridgehead atoms. The first-order valence-corrected chi connectivity index (χ1v) is 6.80. The molecule has 3 aromatic rings. The molecule has 6 nitrogen and oxygen atoms in total. The molecule has 1 amide bonds. The lowest BCUT2D eigenvalue weighted by atomic mass is 10.1. The van der Waals surface area contributed by atoms with Crippen LogP contribution >= 0.6 is 0 Å². The lowest BCUT2D eigenvalue weighted by Crippen LogP contribution is -2.23. The van der Waals surface area contributed by atoms with Crippen molar-refractivity contribution >= 4 is 5.91 Å². The highest BCUT2D eigenvalue weighted by molar-refractivity contribution is 5.92. The Bertz CT molecular complexity index is 784. The standard InChI is InChI=1S/C16H14N4O2/c1-11-9-14(20-22-11)16(21)19-10-13-3-2-6-18-15(13)12-4-7-17-8-5-12/h2-9H,10H2,1H3,(H,19,21). The Kier molecular flexibility index (Phi) is 3.91. The Morgan fingerprint density at radius 3 is 2.77 bits per heavy atom. The summed E-state index contributed by atoms with van der Waals surface area (Å²) in [4.78, 5) is 20.4. The van der Waals surface area contributed by atoms with Crippen LogP contribution in [0.25, 0.3) is 11.3 Å². The van der Waals surface area contributed by atoms with E-state index in [-0.39, 0.29) is 11.6 Å². The number of hydrogen-bond acceptors (Lipinski definition) is 5. The van der Waals surface area contributed by atoms with Crippen molar-refractivity contribution in [2.45, 2.75) is 13.5 Å².